The van der Waals surface area contributed by atoms with E-state index in [9.17, 15) is 26.4 Å². The van der Waals surface area contributed by atoms with Crippen molar-refractivity contribution >= 4 is 43.2 Å². The highest BCUT2D eigenvalue weighted by Crippen LogP contribution is 2.32. The number of nitrogens with zero attached hydrogens (tertiary/aromatic N) is 1. The average molecular weight is 499 g/mol. The predicted octanol–water partition coefficient (Wildman–Crippen LogP) is 4.35. The molecule has 0 radical (unpaired) electrons. The predicted molar refractivity (Wildman–Crippen MR) is 116 cm³/mol. The standard InChI is InChI=1S/C21H17F3N2O5S2/c1-20(2,19(27)28)31-9-3-4-13-10-14(21(22,23)24)5-7-16(13)26-33(29,30)15-6-8-17-18(11-15)32-12-25-17/h5-8,10-12,26H,9H2,1-2H3,(H,27,28). The van der Waals surface area contributed by atoms with Gasteiger partial charge in [-0.1, -0.05) is 11.8 Å². The molecule has 0 amide bonds. The van der Waals surface area contributed by atoms with Gasteiger partial charge in [-0.3, -0.25) is 4.72 Å². The number of carboxylic acid groups (broad SMARTS) is 1. The number of sulfonamides is 1. The number of benzene rings is 2. The van der Waals surface area contributed by atoms with Gasteiger partial charge in [-0.05, 0) is 50.2 Å². The van der Waals surface area contributed by atoms with Crippen LogP contribution < -0.4 is 4.72 Å². The Morgan fingerprint density at radius 1 is 1.21 bits per heavy atom. The average Bonchev–Trinajstić information content (AvgIpc) is 3.19. The highest BCUT2D eigenvalue weighted by molar-refractivity contribution is 7.92. The number of anilines is 1. The number of halogens is 3. The normalized spacial score (nSPS) is 12.3. The molecule has 1 aromatic heterocycles. The lowest BCUT2D eigenvalue weighted by Crippen LogP contribution is -2.34. The zero-order valence-electron chi connectivity index (χ0n) is 17.2. The molecule has 0 saturated carbocycles. The van der Waals surface area contributed by atoms with E-state index >= 15 is 0 Å². The lowest BCUT2D eigenvalue weighted by Gasteiger charge is -2.17. The van der Waals surface area contributed by atoms with Gasteiger partial charge in [-0.15, -0.1) is 11.3 Å². The van der Waals surface area contributed by atoms with Crippen molar-refractivity contribution in [3.05, 3.63) is 53.0 Å². The van der Waals surface area contributed by atoms with E-state index in [0.29, 0.717) is 16.3 Å². The first-order valence-corrected chi connectivity index (χ1v) is 11.6. The highest BCUT2D eigenvalue weighted by atomic mass is 32.2. The van der Waals surface area contributed by atoms with E-state index < -0.39 is 39.9 Å². The van der Waals surface area contributed by atoms with Crippen LogP contribution in [0.25, 0.3) is 10.2 Å². The Hall–Kier alpha value is -3.14. The van der Waals surface area contributed by atoms with Gasteiger partial charge in [0.05, 0.1) is 31.9 Å². The number of hydrogen-bond acceptors (Lipinski definition) is 6. The van der Waals surface area contributed by atoms with Crippen LogP contribution in [0.1, 0.15) is 25.0 Å². The van der Waals surface area contributed by atoms with Gasteiger partial charge in [0.25, 0.3) is 10.0 Å². The zero-order valence-corrected chi connectivity index (χ0v) is 18.9. The van der Waals surface area contributed by atoms with Crippen LogP contribution >= 0.6 is 11.3 Å². The fourth-order valence-electron chi connectivity index (χ4n) is 2.53. The Balaban J connectivity index is 1.94. The summed E-state index contributed by atoms with van der Waals surface area (Å²) < 4.78 is 73.2. The van der Waals surface area contributed by atoms with Crippen LogP contribution in [0.15, 0.2) is 46.8 Å². The third kappa shape index (κ3) is 5.81. The highest BCUT2D eigenvalue weighted by Gasteiger charge is 2.31. The Labute approximate surface area is 191 Å². The van der Waals surface area contributed by atoms with Gasteiger partial charge in [0.1, 0.15) is 6.61 Å². The van der Waals surface area contributed by atoms with Crippen LogP contribution in [0, 0.1) is 11.8 Å². The van der Waals surface area contributed by atoms with Gasteiger partial charge in [-0.25, -0.2) is 18.2 Å². The summed E-state index contributed by atoms with van der Waals surface area (Å²) in [6.45, 7) is 2.19. The summed E-state index contributed by atoms with van der Waals surface area (Å²) >= 11 is 1.24. The van der Waals surface area contributed by atoms with E-state index in [0.717, 1.165) is 12.1 Å². The van der Waals surface area contributed by atoms with Crippen molar-refractivity contribution in [1.29, 1.82) is 0 Å². The second-order valence-corrected chi connectivity index (χ2v) is 9.82. The van der Waals surface area contributed by atoms with Gasteiger partial charge >= 0.3 is 12.1 Å². The van der Waals surface area contributed by atoms with Crippen molar-refractivity contribution < 1.29 is 36.2 Å². The number of nitrogens with one attached hydrogen (secondary N) is 1. The van der Waals surface area contributed by atoms with Crippen molar-refractivity contribution in [3.8, 4) is 11.8 Å². The first-order chi connectivity index (χ1) is 15.3. The molecule has 2 aromatic carbocycles. The third-order valence-corrected chi connectivity index (χ3v) is 6.60. The summed E-state index contributed by atoms with van der Waals surface area (Å²) in [5.74, 6) is 3.63. The summed E-state index contributed by atoms with van der Waals surface area (Å²) in [5, 5.41) is 9.04. The second-order valence-electron chi connectivity index (χ2n) is 7.25. The summed E-state index contributed by atoms with van der Waals surface area (Å²) in [4.78, 5) is 15.1. The topological polar surface area (TPSA) is 106 Å². The molecule has 7 nitrogen and oxygen atoms in total. The second kappa shape index (κ2) is 9.01. The number of aromatic nitrogens is 1. The van der Waals surface area contributed by atoms with Gasteiger partial charge in [0.15, 0.2) is 5.60 Å². The van der Waals surface area contributed by atoms with Crippen molar-refractivity contribution in [1.82, 2.24) is 4.98 Å². The van der Waals surface area contributed by atoms with Crippen molar-refractivity contribution in [2.24, 2.45) is 0 Å². The van der Waals surface area contributed by atoms with Crippen LogP contribution in [-0.4, -0.2) is 36.7 Å². The molecule has 33 heavy (non-hydrogen) atoms. The van der Waals surface area contributed by atoms with E-state index in [4.69, 9.17) is 9.84 Å². The maximum atomic E-state index is 13.2. The molecule has 0 bridgehead atoms. The quantitative estimate of drug-likeness (QED) is 0.490. The molecule has 3 aromatic rings. The molecule has 0 aliphatic carbocycles. The first-order valence-electron chi connectivity index (χ1n) is 9.23. The van der Waals surface area contributed by atoms with Gasteiger partial charge in [-0.2, -0.15) is 13.2 Å². The summed E-state index contributed by atoms with van der Waals surface area (Å²) in [5.41, 5.74) is -0.813. The number of carboxylic acids is 1. The van der Waals surface area contributed by atoms with Crippen LogP contribution in [0.4, 0.5) is 18.9 Å². The summed E-state index contributed by atoms with van der Waals surface area (Å²) in [6.07, 6.45) is -4.67. The van der Waals surface area contributed by atoms with Gasteiger partial charge < -0.3 is 9.84 Å². The Kier molecular flexibility index (Phi) is 6.69. The van der Waals surface area contributed by atoms with Crippen LogP contribution in [0.3, 0.4) is 0 Å². The Morgan fingerprint density at radius 2 is 1.94 bits per heavy atom. The minimum Gasteiger partial charge on any atom is -0.479 e. The largest absolute Gasteiger partial charge is 0.479 e. The minimum atomic E-state index is -4.67. The van der Waals surface area contributed by atoms with E-state index in [1.807, 2.05) is 0 Å². The van der Waals surface area contributed by atoms with Gasteiger partial charge in [0.2, 0.25) is 0 Å². The number of ether oxygens (including phenoxy) is 1. The SMILES string of the molecule is CC(C)(OCC#Cc1cc(C(F)(F)F)ccc1NS(=O)(=O)c1ccc2ncsc2c1)C(=O)O. The summed E-state index contributed by atoms with van der Waals surface area (Å²) in [7, 11) is -4.15. The molecular weight excluding hydrogens is 481 g/mol. The van der Waals surface area contributed by atoms with Crippen molar-refractivity contribution in [3.63, 3.8) is 0 Å². The summed E-state index contributed by atoms with van der Waals surface area (Å²) in [6, 6.07) is 6.68. The molecule has 3 rings (SSSR count). The molecule has 0 atom stereocenters. The molecule has 2 N–H and O–H groups in total. The number of thiazole rings is 1. The molecule has 1 heterocycles. The van der Waals surface area contributed by atoms with E-state index in [2.05, 4.69) is 21.5 Å². The van der Waals surface area contributed by atoms with Crippen molar-refractivity contribution in [2.75, 3.05) is 11.3 Å². The number of carbonyl (C=O) groups is 1. The van der Waals surface area contributed by atoms with Crippen LogP contribution in [0.2, 0.25) is 0 Å². The lowest BCUT2D eigenvalue weighted by molar-refractivity contribution is -0.159. The first kappa shape index (κ1) is 24.5. The maximum Gasteiger partial charge on any atom is 0.416 e. The lowest BCUT2D eigenvalue weighted by atomic mass is 10.1. The minimum absolute atomic E-state index is 0.0930. The Bertz CT molecular complexity index is 1370. The van der Waals surface area contributed by atoms with E-state index in [1.54, 1.807) is 5.51 Å². The maximum absolute atomic E-state index is 13.2. The smallest absolute Gasteiger partial charge is 0.416 e. The number of alkyl halides is 3. The third-order valence-electron chi connectivity index (χ3n) is 4.45. The van der Waals surface area contributed by atoms with E-state index in [-0.39, 0.29) is 16.1 Å². The molecular formula is C21H17F3N2O5S2. The fourth-order valence-corrected chi connectivity index (χ4v) is 4.43. The van der Waals surface area contributed by atoms with Crippen molar-refractivity contribution in [2.45, 2.75) is 30.5 Å². The number of fused-ring (bicyclic) bond motifs is 1. The molecule has 0 fully saturated rings. The number of hydrogen-bond donors (Lipinski definition) is 2. The molecule has 0 saturated heterocycles. The molecule has 0 spiro atoms. The fraction of sp³-hybridized carbons (Fsp3) is 0.238. The van der Waals surface area contributed by atoms with Crippen LogP contribution in [0.5, 0.6) is 0 Å². The molecule has 12 heteroatoms. The Morgan fingerprint density at radius 3 is 2.61 bits per heavy atom. The van der Waals surface area contributed by atoms with Gasteiger partial charge in [0, 0.05) is 5.56 Å². The monoisotopic (exact) mass is 498 g/mol. The molecule has 0 aliphatic heterocycles. The molecule has 174 valence electrons. The molecule has 0 unspecified atom stereocenters. The van der Waals surface area contributed by atoms with E-state index in [1.165, 1.54) is 43.4 Å². The zero-order chi connectivity index (χ0) is 24.4. The number of aliphatic carboxylic acids is 1. The molecule has 0 aliphatic rings. The number of rotatable bonds is 6. The van der Waals surface area contributed by atoms with Crippen LogP contribution in [-0.2, 0) is 25.7 Å².